The minimum atomic E-state index is -0.316. The number of ether oxygens (including phenoxy) is 1. The molecule has 0 bridgehead atoms. The molecule has 0 saturated carbocycles. The van der Waals surface area contributed by atoms with Gasteiger partial charge in [-0.3, -0.25) is 14.6 Å². The topological polar surface area (TPSA) is 69.4 Å². The van der Waals surface area contributed by atoms with Crippen LogP contribution in [0.4, 0.5) is 0 Å². The van der Waals surface area contributed by atoms with Gasteiger partial charge in [-0.25, -0.2) is 0 Å². The molecule has 5 heteroatoms. The number of pyridine rings is 1. The molecule has 0 N–H and O–H groups in total. The molecular formula is C23H15NO4. The van der Waals surface area contributed by atoms with Crippen LogP contribution >= 0.6 is 0 Å². The van der Waals surface area contributed by atoms with E-state index >= 15 is 0 Å². The Bertz CT molecular complexity index is 1250. The molecule has 1 atom stereocenters. The molecule has 0 aliphatic carbocycles. The van der Waals surface area contributed by atoms with E-state index in [-0.39, 0.29) is 23.7 Å². The molecule has 0 amide bonds. The molecular weight excluding hydrogens is 354 g/mol. The number of hydrogen-bond acceptors (Lipinski definition) is 5. The van der Waals surface area contributed by atoms with E-state index in [1.54, 1.807) is 24.5 Å². The van der Waals surface area contributed by atoms with E-state index < -0.39 is 0 Å². The molecule has 0 saturated heterocycles. The highest BCUT2D eigenvalue weighted by Gasteiger charge is 2.32. The van der Waals surface area contributed by atoms with Crippen LogP contribution < -0.4 is 10.2 Å². The molecule has 1 aliphatic rings. The van der Waals surface area contributed by atoms with Gasteiger partial charge in [-0.15, -0.1) is 0 Å². The Morgan fingerprint density at radius 2 is 1.82 bits per heavy atom. The molecule has 0 fully saturated rings. The van der Waals surface area contributed by atoms with E-state index in [2.05, 4.69) is 4.98 Å². The summed E-state index contributed by atoms with van der Waals surface area (Å²) in [6, 6.07) is 16.5. The van der Waals surface area contributed by atoms with Crippen molar-refractivity contribution in [1.82, 2.24) is 4.98 Å². The van der Waals surface area contributed by atoms with Crippen molar-refractivity contribution < 1.29 is 13.9 Å². The van der Waals surface area contributed by atoms with E-state index in [0.717, 1.165) is 11.1 Å². The number of carbonyl (C=O) groups is 1. The molecule has 0 unspecified atom stereocenters. The Labute approximate surface area is 160 Å². The van der Waals surface area contributed by atoms with E-state index in [4.69, 9.17) is 9.15 Å². The Morgan fingerprint density at radius 1 is 0.964 bits per heavy atom. The average molecular weight is 369 g/mol. The number of benzene rings is 2. The maximum absolute atomic E-state index is 13.1. The van der Waals surface area contributed by atoms with Gasteiger partial charge in [0.05, 0.1) is 17.4 Å². The fraction of sp³-hybridized carbons (Fsp3) is 0.0870. The summed E-state index contributed by atoms with van der Waals surface area (Å²) < 4.78 is 11.4. The molecule has 3 heterocycles. The second-order valence-corrected chi connectivity index (χ2v) is 6.72. The summed E-state index contributed by atoms with van der Waals surface area (Å²) in [5.41, 5.74) is 3.22. The molecule has 28 heavy (non-hydrogen) atoms. The first-order valence-corrected chi connectivity index (χ1v) is 8.97. The Kier molecular flexibility index (Phi) is 3.79. The number of esters is 1. The fourth-order valence-electron chi connectivity index (χ4n) is 3.74. The van der Waals surface area contributed by atoms with Crippen molar-refractivity contribution >= 4 is 16.9 Å². The van der Waals surface area contributed by atoms with Crippen molar-refractivity contribution in [2.75, 3.05) is 0 Å². The standard InChI is InChI=1S/C23H15NO4/c25-20-11-17(15-7-4-10-24-12-15)21-19(28-20)9-8-16-22(26)18(13-27-23(16)21)14-5-2-1-3-6-14/h1-10,12-13,17H,11H2/t17-/m0/s1. The molecule has 0 spiro atoms. The van der Waals surface area contributed by atoms with Gasteiger partial charge in [0.15, 0.2) is 0 Å². The van der Waals surface area contributed by atoms with E-state index in [0.29, 0.717) is 27.8 Å². The van der Waals surface area contributed by atoms with Crippen molar-refractivity contribution in [2.24, 2.45) is 0 Å². The van der Waals surface area contributed by atoms with E-state index in [1.165, 1.54) is 6.26 Å². The van der Waals surface area contributed by atoms with Crippen LogP contribution in [-0.4, -0.2) is 11.0 Å². The Morgan fingerprint density at radius 3 is 2.61 bits per heavy atom. The van der Waals surface area contributed by atoms with E-state index in [9.17, 15) is 9.59 Å². The van der Waals surface area contributed by atoms with Gasteiger partial charge in [0.25, 0.3) is 0 Å². The summed E-state index contributed by atoms with van der Waals surface area (Å²) in [6.45, 7) is 0. The lowest BCUT2D eigenvalue weighted by atomic mass is 9.86. The molecule has 5 nitrogen and oxygen atoms in total. The lowest BCUT2D eigenvalue weighted by Gasteiger charge is -2.25. The van der Waals surface area contributed by atoms with Crippen LogP contribution in [-0.2, 0) is 4.79 Å². The maximum Gasteiger partial charge on any atom is 0.312 e. The number of carbonyl (C=O) groups excluding carboxylic acids is 1. The summed E-state index contributed by atoms with van der Waals surface area (Å²) in [6.07, 6.45) is 5.06. The predicted molar refractivity (Wildman–Crippen MR) is 104 cm³/mol. The van der Waals surface area contributed by atoms with Crippen molar-refractivity contribution in [2.45, 2.75) is 12.3 Å². The molecule has 136 valence electrons. The number of fused-ring (bicyclic) bond motifs is 3. The predicted octanol–water partition coefficient (Wildman–Crippen LogP) is 4.30. The highest BCUT2D eigenvalue weighted by molar-refractivity contribution is 5.90. The van der Waals surface area contributed by atoms with Crippen LogP contribution in [0, 0.1) is 0 Å². The lowest BCUT2D eigenvalue weighted by molar-refractivity contribution is -0.135. The number of rotatable bonds is 2. The number of aromatic nitrogens is 1. The van der Waals surface area contributed by atoms with Gasteiger partial charge in [-0.1, -0.05) is 36.4 Å². The largest absolute Gasteiger partial charge is 0.463 e. The first kappa shape index (κ1) is 16.4. The quantitative estimate of drug-likeness (QED) is 0.389. The van der Waals surface area contributed by atoms with Crippen molar-refractivity contribution in [3.05, 3.63) is 94.6 Å². The van der Waals surface area contributed by atoms with Gasteiger partial charge in [-0.2, -0.15) is 0 Å². The molecule has 4 aromatic rings. The van der Waals surface area contributed by atoms with Crippen LogP contribution in [0.1, 0.15) is 23.5 Å². The van der Waals surface area contributed by atoms with Gasteiger partial charge in [0, 0.05) is 23.9 Å². The monoisotopic (exact) mass is 369 g/mol. The minimum Gasteiger partial charge on any atom is -0.463 e. The first-order chi connectivity index (χ1) is 13.7. The molecule has 1 aliphatic heterocycles. The average Bonchev–Trinajstić information content (AvgIpc) is 2.74. The van der Waals surface area contributed by atoms with Gasteiger partial charge in [0.2, 0.25) is 5.43 Å². The third kappa shape index (κ3) is 2.60. The van der Waals surface area contributed by atoms with Crippen LogP contribution in [0.5, 0.6) is 5.75 Å². The Hall–Kier alpha value is -3.73. The molecule has 2 aromatic carbocycles. The first-order valence-electron chi connectivity index (χ1n) is 8.97. The van der Waals surface area contributed by atoms with Crippen molar-refractivity contribution in [3.8, 4) is 16.9 Å². The number of nitrogens with zero attached hydrogens (tertiary/aromatic N) is 1. The second kappa shape index (κ2) is 6.46. The third-order valence-corrected chi connectivity index (χ3v) is 5.05. The third-order valence-electron chi connectivity index (χ3n) is 5.05. The van der Waals surface area contributed by atoms with Gasteiger partial charge < -0.3 is 9.15 Å². The van der Waals surface area contributed by atoms with Gasteiger partial charge in [-0.05, 0) is 29.3 Å². The number of hydrogen-bond donors (Lipinski definition) is 0. The van der Waals surface area contributed by atoms with Crippen LogP contribution in [0.3, 0.4) is 0 Å². The highest BCUT2D eigenvalue weighted by Crippen LogP contribution is 2.42. The highest BCUT2D eigenvalue weighted by atomic mass is 16.5. The SMILES string of the molecule is O=C1C[C@@H](c2cccnc2)c2c(ccc3c(=O)c(-c4ccccc4)coc23)O1. The summed E-state index contributed by atoms with van der Waals surface area (Å²) in [7, 11) is 0. The van der Waals surface area contributed by atoms with Gasteiger partial charge in [0.1, 0.15) is 17.6 Å². The van der Waals surface area contributed by atoms with Gasteiger partial charge >= 0.3 is 5.97 Å². The zero-order valence-electron chi connectivity index (χ0n) is 14.8. The smallest absolute Gasteiger partial charge is 0.312 e. The molecule has 2 aromatic heterocycles. The summed E-state index contributed by atoms with van der Waals surface area (Å²) in [5.74, 6) is -0.170. The minimum absolute atomic E-state index is 0.114. The van der Waals surface area contributed by atoms with Crippen LogP contribution in [0.25, 0.3) is 22.1 Å². The van der Waals surface area contributed by atoms with Crippen LogP contribution in [0.2, 0.25) is 0 Å². The summed E-state index contributed by atoms with van der Waals surface area (Å²) in [5, 5.41) is 0.465. The molecule has 0 radical (unpaired) electrons. The van der Waals surface area contributed by atoms with Crippen LogP contribution in [0.15, 0.2) is 82.5 Å². The van der Waals surface area contributed by atoms with Crippen molar-refractivity contribution in [3.63, 3.8) is 0 Å². The zero-order valence-corrected chi connectivity index (χ0v) is 14.8. The zero-order chi connectivity index (χ0) is 19.1. The van der Waals surface area contributed by atoms with E-state index in [1.807, 2.05) is 42.5 Å². The maximum atomic E-state index is 13.1. The van der Waals surface area contributed by atoms with Crippen molar-refractivity contribution in [1.29, 1.82) is 0 Å². The fourth-order valence-corrected chi connectivity index (χ4v) is 3.74. The normalized spacial score (nSPS) is 15.9. The summed E-state index contributed by atoms with van der Waals surface area (Å²) >= 11 is 0. The summed E-state index contributed by atoms with van der Waals surface area (Å²) in [4.78, 5) is 29.4. The second-order valence-electron chi connectivity index (χ2n) is 6.72. The Balaban J connectivity index is 1.76. The lowest BCUT2D eigenvalue weighted by Crippen LogP contribution is -2.22. The molecule has 5 rings (SSSR count).